The maximum atomic E-state index is 12.8. The van der Waals surface area contributed by atoms with Gasteiger partial charge in [-0.2, -0.15) is 0 Å². The predicted molar refractivity (Wildman–Crippen MR) is 256 cm³/mol. The van der Waals surface area contributed by atoms with Crippen molar-refractivity contribution in [1.29, 1.82) is 0 Å². The molecule has 1 aliphatic heterocycles. The van der Waals surface area contributed by atoms with Crippen LogP contribution in [0.4, 0.5) is 0 Å². The summed E-state index contributed by atoms with van der Waals surface area (Å²) in [6, 6.07) is 0. The third kappa shape index (κ3) is 33.0. The number of carboxylic acids is 1. The molecule has 1 heterocycles. The van der Waals surface area contributed by atoms with Gasteiger partial charge in [0.15, 0.2) is 18.5 Å². The highest BCUT2D eigenvalue weighted by Crippen LogP contribution is 2.23. The zero-order chi connectivity index (χ0) is 46.7. The van der Waals surface area contributed by atoms with E-state index in [1.807, 2.05) is 0 Å². The summed E-state index contributed by atoms with van der Waals surface area (Å²) in [5.41, 5.74) is 0. The molecule has 0 bridgehead atoms. The number of carbonyl (C=O) groups is 3. The third-order valence-corrected chi connectivity index (χ3v) is 10.7. The molecule has 0 aromatic heterocycles. The Bertz CT molecular complexity index is 1380. The Balaban J connectivity index is 2.31. The molecular formula is C53H86O11. The van der Waals surface area contributed by atoms with Crippen molar-refractivity contribution in [2.24, 2.45) is 0 Å². The summed E-state index contributed by atoms with van der Waals surface area (Å²) >= 11 is 0. The van der Waals surface area contributed by atoms with Crippen LogP contribution in [-0.2, 0) is 33.3 Å². The summed E-state index contributed by atoms with van der Waals surface area (Å²) in [7, 11) is 0. The molecule has 1 fully saturated rings. The summed E-state index contributed by atoms with van der Waals surface area (Å²) in [6.45, 7) is 3.57. The molecule has 6 atom stereocenters. The van der Waals surface area contributed by atoms with Crippen molar-refractivity contribution in [2.75, 3.05) is 13.2 Å². The second kappa shape index (κ2) is 42.1. The van der Waals surface area contributed by atoms with Crippen LogP contribution in [0.15, 0.2) is 85.1 Å². The predicted octanol–water partition coefficient (Wildman–Crippen LogP) is 11.4. The Morgan fingerprint density at radius 3 is 1.31 bits per heavy atom. The normalized spacial score (nSPS) is 20.0. The van der Waals surface area contributed by atoms with Crippen LogP contribution in [0.2, 0.25) is 0 Å². The number of carboxylic acid groups (broad SMARTS) is 1. The van der Waals surface area contributed by atoms with E-state index < -0.39 is 61.3 Å². The highest BCUT2D eigenvalue weighted by Gasteiger charge is 2.47. The van der Waals surface area contributed by atoms with Gasteiger partial charge in [0.25, 0.3) is 0 Å². The first-order valence-electron chi connectivity index (χ1n) is 24.6. The number of allylic oxidation sites excluding steroid dienone is 14. The molecule has 0 aromatic rings. The summed E-state index contributed by atoms with van der Waals surface area (Å²) in [5, 5.41) is 39.9. The monoisotopic (exact) mass is 899 g/mol. The first kappa shape index (κ1) is 58.4. The zero-order valence-electron chi connectivity index (χ0n) is 39.5. The number of hydrogen-bond donors (Lipinski definition) is 4. The van der Waals surface area contributed by atoms with Crippen molar-refractivity contribution in [1.82, 2.24) is 0 Å². The van der Waals surface area contributed by atoms with E-state index in [1.165, 1.54) is 38.5 Å². The van der Waals surface area contributed by atoms with Gasteiger partial charge in [-0.1, -0.05) is 170 Å². The second-order valence-electron chi connectivity index (χ2n) is 16.5. The van der Waals surface area contributed by atoms with Gasteiger partial charge in [0.2, 0.25) is 0 Å². The number of carbonyl (C=O) groups excluding carboxylic acids is 2. The van der Waals surface area contributed by atoms with Crippen molar-refractivity contribution in [3.63, 3.8) is 0 Å². The van der Waals surface area contributed by atoms with Crippen molar-refractivity contribution in [2.45, 2.75) is 218 Å². The number of aliphatic carboxylic acids is 1. The van der Waals surface area contributed by atoms with Crippen LogP contribution in [-0.4, -0.2) is 88.4 Å². The lowest BCUT2D eigenvalue weighted by Gasteiger charge is -2.38. The Morgan fingerprint density at radius 2 is 0.875 bits per heavy atom. The molecule has 64 heavy (non-hydrogen) atoms. The maximum absolute atomic E-state index is 12.8. The topological polar surface area (TPSA) is 169 Å². The number of rotatable bonds is 40. The molecule has 0 radical (unpaired) electrons. The van der Waals surface area contributed by atoms with Crippen LogP contribution in [0.3, 0.4) is 0 Å². The molecular weight excluding hydrogens is 813 g/mol. The van der Waals surface area contributed by atoms with Gasteiger partial charge in [0, 0.05) is 12.8 Å². The highest BCUT2D eigenvalue weighted by atomic mass is 16.7. The van der Waals surface area contributed by atoms with Crippen LogP contribution >= 0.6 is 0 Å². The molecule has 0 aliphatic carbocycles. The summed E-state index contributed by atoms with van der Waals surface area (Å²) in [4.78, 5) is 36.9. The van der Waals surface area contributed by atoms with Crippen LogP contribution in [0, 0.1) is 0 Å². The molecule has 1 aliphatic rings. The Morgan fingerprint density at radius 1 is 0.484 bits per heavy atom. The minimum Gasteiger partial charge on any atom is -0.479 e. The van der Waals surface area contributed by atoms with Gasteiger partial charge >= 0.3 is 17.9 Å². The van der Waals surface area contributed by atoms with Crippen LogP contribution in [0.25, 0.3) is 0 Å². The van der Waals surface area contributed by atoms with Crippen LogP contribution in [0.5, 0.6) is 0 Å². The molecule has 1 saturated heterocycles. The van der Waals surface area contributed by atoms with Gasteiger partial charge < -0.3 is 39.4 Å². The average molecular weight is 899 g/mol. The number of unbranched alkanes of at least 4 members (excludes halogenated alkanes) is 15. The molecule has 0 aromatic carbocycles. The standard InChI is InChI=1S/C53H86O11/c1-3-5-7-9-11-13-15-17-19-20-21-22-23-24-25-26-28-29-31-33-35-37-39-41-46(54)61-43-45(44-62-53-50(58)48(56)49(57)51(64-53)52(59)60)63-47(55)42-40-38-36-34-32-30-27-18-16-14-12-10-8-6-4-2/h5-8,11-14,17-19,21-22,27,45,48-51,53,56-58H,3-4,9-10,15-16,20,23-26,28-44H2,1-2H3,(H,59,60)/b7-5-,8-6-,13-11-,14-12-,19-17-,22-21-,27-18-. The minimum absolute atomic E-state index is 0.158. The highest BCUT2D eigenvalue weighted by molar-refractivity contribution is 5.73. The molecule has 11 heteroatoms. The summed E-state index contributed by atoms with van der Waals surface area (Å²) < 4.78 is 21.8. The number of aliphatic hydroxyl groups excluding tert-OH is 3. The molecule has 6 unspecified atom stereocenters. The lowest BCUT2D eigenvalue weighted by atomic mass is 9.99. The SMILES string of the molecule is CC/C=C\C/C=C\C/C=C\C/C=C\CCCCCCCCCCCCC(=O)OCC(COC1OC(C(=O)O)C(O)C(O)C1O)OC(=O)CCCCCCC/C=C\C/C=C\C/C=C\CC. The fourth-order valence-corrected chi connectivity index (χ4v) is 6.94. The maximum Gasteiger partial charge on any atom is 0.335 e. The number of aliphatic hydroxyl groups is 3. The Labute approximate surface area is 386 Å². The van der Waals surface area contributed by atoms with Crippen molar-refractivity contribution in [3.8, 4) is 0 Å². The fraction of sp³-hybridized carbons (Fsp3) is 0.679. The molecule has 364 valence electrons. The number of hydrogen-bond acceptors (Lipinski definition) is 10. The second-order valence-corrected chi connectivity index (χ2v) is 16.5. The largest absolute Gasteiger partial charge is 0.479 e. The average Bonchev–Trinajstić information content (AvgIpc) is 3.28. The molecule has 0 saturated carbocycles. The van der Waals surface area contributed by atoms with E-state index in [0.717, 1.165) is 103 Å². The van der Waals surface area contributed by atoms with Crippen molar-refractivity contribution in [3.05, 3.63) is 85.1 Å². The zero-order valence-corrected chi connectivity index (χ0v) is 39.5. The molecule has 1 rings (SSSR count). The smallest absolute Gasteiger partial charge is 0.335 e. The molecule has 0 amide bonds. The van der Waals surface area contributed by atoms with E-state index in [0.29, 0.717) is 12.8 Å². The van der Waals surface area contributed by atoms with Gasteiger partial charge in [-0.05, 0) is 83.5 Å². The number of ether oxygens (including phenoxy) is 4. The van der Waals surface area contributed by atoms with E-state index in [2.05, 4.69) is 98.9 Å². The molecule has 11 nitrogen and oxygen atoms in total. The fourth-order valence-electron chi connectivity index (χ4n) is 6.94. The van der Waals surface area contributed by atoms with E-state index in [4.69, 9.17) is 18.9 Å². The van der Waals surface area contributed by atoms with Gasteiger partial charge in [0.1, 0.15) is 24.9 Å². The quantitative estimate of drug-likeness (QED) is 0.0262. The van der Waals surface area contributed by atoms with Gasteiger partial charge in [-0.25, -0.2) is 4.79 Å². The van der Waals surface area contributed by atoms with Gasteiger partial charge in [-0.15, -0.1) is 0 Å². The number of esters is 2. The first-order valence-corrected chi connectivity index (χ1v) is 24.6. The van der Waals surface area contributed by atoms with Crippen molar-refractivity contribution >= 4 is 17.9 Å². The van der Waals surface area contributed by atoms with E-state index in [-0.39, 0.29) is 19.4 Å². The minimum atomic E-state index is -1.87. The first-order chi connectivity index (χ1) is 31.2. The van der Waals surface area contributed by atoms with Crippen LogP contribution in [0.1, 0.15) is 181 Å². The van der Waals surface area contributed by atoms with E-state index >= 15 is 0 Å². The van der Waals surface area contributed by atoms with Crippen molar-refractivity contribution < 1.29 is 53.8 Å². The summed E-state index contributed by atoms with van der Waals surface area (Å²) in [6.07, 6.45) is 46.3. The van der Waals surface area contributed by atoms with Gasteiger partial charge in [0.05, 0.1) is 6.61 Å². The molecule has 4 N–H and O–H groups in total. The van der Waals surface area contributed by atoms with E-state index in [9.17, 15) is 34.8 Å². The Hall–Kier alpha value is -3.61. The summed E-state index contributed by atoms with van der Waals surface area (Å²) in [5.74, 6) is -2.48. The third-order valence-electron chi connectivity index (χ3n) is 10.7. The lowest BCUT2D eigenvalue weighted by Crippen LogP contribution is -2.60. The molecule has 0 spiro atoms. The van der Waals surface area contributed by atoms with Gasteiger partial charge in [-0.3, -0.25) is 9.59 Å². The van der Waals surface area contributed by atoms with E-state index in [1.54, 1.807) is 0 Å². The van der Waals surface area contributed by atoms with Crippen LogP contribution < -0.4 is 0 Å². The Kier molecular flexibility index (Phi) is 38.4. The lowest BCUT2D eigenvalue weighted by molar-refractivity contribution is -0.298.